The molecule has 0 aliphatic rings. The van der Waals surface area contributed by atoms with Gasteiger partial charge in [-0.2, -0.15) is 0 Å². The fourth-order valence-electron chi connectivity index (χ4n) is 2.91. The van der Waals surface area contributed by atoms with Crippen molar-refractivity contribution in [2.45, 2.75) is 13.5 Å². The molecule has 0 aliphatic carbocycles. The highest BCUT2D eigenvalue weighted by Gasteiger charge is 2.18. The first-order valence-electron chi connectivity index (χ1n) is 8.60. The number of carbonyl (C=O) groups excluding carboxylic acids is 1. The number of carbonyl (C=O) groups is 1. The van der Waals surface area contributed by atoms with Gasteiger partial charge in [-0.3, -0.25) is 14.2 Å². The van der Waals surface area contributed by atoms with Gasteiger partial charge in [-0.05, 0) is 36.8 Å². The molecule has 2 heterocycles. The Morgan fingerprint density at radius 3 is 2.86 bits per heavy atom. The van der Waals surface area contributed by atoms with Crippen LogP contribution in [-0.4, -0.2) is 20.6 Å². The number of hydrogen-bond acceptors (Lipinski definition) is 5. The van der Waals surface area contributed by atoms with Gasteiger partial charge < -0.3 is 9.84 Å². The number of hydrogen-bond donors (Lipinski definition) is 1. The van der Waals surface area contributed by atoms with E-state index in [-0.39, 0.29) is 23.3 Å². The zero-order valence-electron chi connectivity index (χ0n) is 15.1. The summed E-state index contributed by atoms with van der Waals surface area (Å²) in [4.78, 5) is 29.4. The molecule has 0 bridgehead atoms. The van der Waals surface area contributed by atoms with Crippen molar-refractivity contribution in [3.05, 3.63) is 75.5 Å². The van der Waals surface area contributed by atoms with Gasteiger partial charge in [-0.1, -0.05) is 35.0 Å². The lowest BCUT2D eigenvalue weighted by molar-refractivity contribution is -0.116. The largest absolute Gasteiger partial charge is 0.335 e. The van der Waals surface area contributed by atoms with Crippen LogP contribution >= 0.6 is 11.6 Å². The van der Waals surface area contributed by atoms with Crippen molar-refractivity contribution in [1.82, 2.24) is 14.7 Å². The maximum atomic E-state index is 13.6. The molecule has 4 aromatic rings. The third kappa shape index (κ3) is 3.62. The van der Waals surface area contributed by atoms with Crippen LogP contribution < -0.4 is 10.9 Å². The van der Waals surface area contributed by atoms with Crippen LogP contribution in [0.5, 0.6) is 0 Å². The standard InChI is InChI=1S/C20H14ClFN4O3/c1-11-14(21)6-3-7-15(11)24-16(27)9-26-10-23-19-17(20(26)28)18(25-29-19)12-4-2-5-13(22)8-12/h2-8,10H,9H2,1H3,(H,24,27). The maximum Gasteiger partial charge on any atom is 0.267 e. The third-order valence-electron chi connectivity index (χ3n) is 4.42. The molecular formula is C20H14ClFN4O3. The van der Waals surface area contributed by atoms with Gasteiger partial charge >= 0.3 is 0 Å². The molecule has 0 aliphatic heterocycles. The predicted octanol–water partition coefficient (Wildman–Crippen LogP) is 3.79. The first kappa shape index (κ1) is 18.8. The van der Waals surface area contributed by atoms with E-state index in [0.29, 0.717) is 16.3 Å². The normalized spacial score (nSPS) is 11.0. The van der Waals surface area contributed by atoms with Crippen LogP contribution in [-0.2, 0) is 11.3 Å². The topological polar surface area (TPSA) is 90.0 Å². The minimum atomic E-state index is -0.520. The minimum Gasteiger partial charge on any atom is -0.335 e. The van der Waals surface area contributed by atoms with Gasteiger partial charge in [0.05, 0.1) is 0 Å². The SMILES string of the molecule is Cc1c(Cl)cccc1NC(=O)Cn1cnc2onc(-c3cccc(F)c3)c2c1=O. The first-order chi connectivity index (χ1) is 13.9. The third-order valence-corrected chi connectivity index (χ3v) is 4.83. The Kier molecular flexibility index (Phi) is 4.85. The Hall–Kier alpha value is -3.52. The molecule has 9 heteroatoms. The minimum absolute atomic E-state index is 0.0107. The van der Waals surface area contributed by atoms with E-state index in [1.54, 1.807) is 31.2 Å². The summed E-state index contributed by atoms with van der Waals surface area (Å²) in [7, 11) is 0. The van der Waals surface area contributed by atoms with Crippen molar-refractivity contribution >= 4 is 34.3 Å². The molecule has 0 radical (unpaired) electrons. The molecular weight excluding hydrogens is 399 g/mol. The molecule has 0 unspecified atom stereocenters. The molecule has 146 valence electrons. The molecule has 2 aromatic carbocycles. The Morgan fingerprint density at radius 2 is 2.07 bits per heavy atom. The molecule has 2 aromatic heterocycles. The summed E-state index contributed by atoms with van der Waals surface area (Å²) >= 11 is 6.06. The Bertz CT molecular complexity index is 1300. The second-order valence-electron chi connectivity index (χ2n) is 6.36. The number of nitrogens with one attached hydrogen (secondary N) is 1. The van der Waals surface area contributed by atoms with Crippen LogP contribution in [0.1, 0.15) is 5.56 Å². The molecule has 0 spiro atoms. The molecule has 0 fully saturated rings. The van der Waals surface area contributed by atoms with Gasteiger partial charge in [0.1, 0.15) is 29.8 Å². The fraction of sp³-hybridized carbons (Fsp3) is 0.100. The van der Waals surface area contributed by atoms with Crippen LogP contribution in [0.25, 0.3) is 22.4 Å². The smallest absolute Gasteiger partial charge is 0.267 e. The zero-order chi connectivity index (χ0) is 20.5. The lowest BCUT2D eigenvalue weighted by Gasteiger charge is -2.10. The van der Waals surface area contributed by atoms with Crippen molar-refractivity contribution in [1.29, 1.82) is 0 Å². The second-order valence-corrected chi connectivity index (χ2v) is 6.77. The highest BCUT2D eigenvalue weighted by Crippen LogP contribution is 2.25. The highest BCUT2D eigenvalue weighted by atomic mass is 35.5. The van der Waals surface area contributed by atoms with Crippen LogP contribution in [0, 0.1) is 12.7 Å². The van der Waals surface area contributed by atoms with Gasteiger partial charge in [-0.25, -0.2) is 9.37 Å². The summed E-state index contributed by atoms with van der Waals surface area (Å²) in [5.41, 5.74) is 1.30. The maximum absolute atomic E-state index is 13.6. The quantitative estimate of drug-likeness (QED) is 0.550. The van der Waals surface area contributed by atoms with Crippen molar-refractivity contribution in [3.63, 3.8) is 0 Å². The second kappa shape index (κ2) is 7.48. The molecule has 29 heavy (non-hydrogen) atoms. The summed E-state index contributed by atoms with van der Waals surface area (Å²) in [5, 5.41) is 7.16. The van der Waals surface area contributed by atoms with E-state index in [2.05, 4.69) is 15.5 Å². The van der Waals surface area contributed by atoms with E-state index in [0.717, 1.165) is 10.1 Å². The van der Waals surface area contributed by atoms with Crippen LogP contribution in [0.3, 0.4) is 0 Å². The number of aromatic nitrogens is 3. The van der Waals surface area contributed by atoms with Gasteiger partial charge in [-0.15, -0.1) is 0 Å². The van der Waals surface area contributed by atoms with Crippen molar-refractivity contribution < 1.29 is 13.7 Å². The van der Waals surface area contributed by atoms with Crippen LogP contribution in [0.2, 0.25) is 5.02 Å². The summed E-state index contributed by atoms with van der Waals surface area (Å²) in [6.45, 7) is 1.50. The van der Waals surface area contributed by atoms with Crippen molar-refractivity contribution in [2.24, 2.45) is 0 Å². The highest BCUT2D eigenvalue weighted by molar-refractivity contribution is 6.31. The molecule has 7 nitrogen and oxygen atoms in total. The van der Waals surface area contributed by atoms with E-state index >= 15 is 0 Å². The number of benzene rings is 2. The summed E-state index contributed by atoms with van der Waals surface area (Å²) in [6, 6.07) is 10.8. The van der Waals surface area contributed by atoms with Crippen molar-refractivity contribution in [2.75, 3.05) is 5.32 Å². The molecule has 0 saturated heterocycles. The molecule has 4 rings (SSSR count). The summed E-state index contributed by atoms with van der Waals surface area (Å²) < 4.78 is 19.8. The van der Waals surface area contributed by atoms with Gasteiger partial charge in [0.2, 0.25) is 5.91 Å². The monoisotopic (exact) mass is 412 g/mol. The van der Waals surface area contributed by atoms with Gasteiger partial charge in [0.15, 0.2) is 0 Å². The number of nitrogens with zero attached hydrogens (tertiary/aromatic N) is 3. The lowest BCUT2D eigenvalue weighted by atomic mass is 10.1. The molecule has 1 N–H and O–H groups in total. The molecule has 0 atom stereocenters. The van der Waals surface area contributed by atoms with E-state index < -0.39 is 17.3 Å². The Balaban J connectivity index is 1.67. The van der Waals surface area contributed by atoms with E-state index in [1.165, 1.54) is 24.5 Å². The first-order valence-corrected chi connectivity index (χ1v) is 8.97. The lowest BCUT2D eigenvalue weighted by Crippen LogP contribution is -2.28. The molecule has 1 amide bonds. The Morgan fingerprint density at radius 1 is 1.28 bits per heavy atom. The van der Waals surface area contributed by atoms with Crippen LogP contribution in [0.15, 0.2) is 58.1 Å². The van der Waals surface area contributed by atoms with E-state index in [4.69, 9.17) is 16.1 Å². The Labute approximate surface area is 168 Å². The average Bonchev–Trinajstić information content (AvgIpc) is 3.13. The van der Waals surface area contributed by atoms with Crippen LogP contribution in [0.4, 0.5) is 10.1 Å². The number of amides is 1. The van der Waals surface area contributed by atoms with Crippen molar-refractivity contribution in [3.8, 4) is 11.3 Å². The van der Waals surface area contributed by atoms with E-state index in [1.807, 2.05) is 0 Å². The average molecular weight is 413 g/mol. The number of anilines is 1. The summed E-state index contributed by atoms with van der Waals surface area (Å²) in [6.07, 6.45) is 1.20. The zero-order valence-corrected chi connectivity index (χ0v) is 15.9. The van der Waals surface area contributed by atoms with Gasteiger partial charge in [0, 0.05) is 16.3 Å². The van der Waals surface area contributed by atoms with Gasteiger partial charge in [0.25, 0.3) is 11.3 Å². The fourth-order valence-corrected chi connectivity index (χ4v) is 3.09. The predicted molar refractivity (Wildman–Crippen MR) is 106 cm³/mol. The number of rotatable bonds is 4. The summed E-state index contributed by atoms with van der Waals surface area (Å²) in [5.74, 6) is -0.901. The number of halogens is 2. The molecule has 0 saturated carbocycles. The van der Waals surface area contributed by atoms with E-state index in [9.17, 15) is 14.0 Å². The number of fused-ring (bicyclic) bond motifs is 1.